The van der Waals surface area contributed by atoms with Crippen LogP contribution >= 0.6 is 0 Å². The topological polar surface area (TPSA) is 218 Å². The predicted molar refractivity (Wildman–Crippen MR) is 218 cm³/mol. The number of anilines is 3. The lowest BCUT2D eigenvalue weighted by Gasteiger charge is -2.27. The molecular formula is C42H55N9O6. The van der Waals surface area contributed by atoms with Crippen molar-refractivity contribution >= 4 is 52.4 Å². The summed E-state index contributed by atoms with van der Waals surface area (Å²) >= 11 is 0. The van der Waals surface area contributed by atoms with Crippen molar-refractivity contribution in [3.63, 3.8) is 0 Å². The van der Waals surface area contributed by atoms with Gasteiger partial charge in [-0.2, -0.15) is 9.97 Å². The third-order valence-electron chi connectivity index (χ3n) is 9.43. The largest absolute Gasteiger partial charge is 0.460 e. The van der Waals surface area contributed by atoms with Crippen LogP contribution in [0.4, 0.5) is 17.5 Å². The number of carbonyl (C=O) groups is 4. The van der Waals surface area contributed by atoms with E-state index >= 15 is 0 Å². The molecule has 0 radical (unpaired) electrons. The zero-order valence-electron chi connectivity index (χ0n) is 33.9. The predicted octanol–water partition coefficient (Wildman–Crippen LogP) is 5.17. The average molecular weight is 782 g/mol. The second-order valence-electron chi connectivity index (χ2n) is 16.5. The Kier molecular flexibility index (Phi) is 13.3. The number of carbonyl (C=O) groups excluding carboxylic acids is 4. The van der Waals surface area contributed by atoms with Gasteiger partial charge >= 0.3 is 11.9 Å². The number of nitrogens with one attached hydrogen (secondary N) is 2. The third kappa shape index (κ3) is 12.1. The Morgan fingerprint density at radius 2 is 1.53 bits per heavy atom. The van der Waals surface area contributed by atoms with E-state index in [4.69, 9.17) is 20.9 Å². The SMILES string of the molecule is CN(Cc1cnc2nc(N)nc(N)c2n1)c1ccc(C(=O)N[C@@H](CCC(=O)OC(C)(C)C)C(=O)N[C@@H](Cc2ccccc2C2CCCC2)C(=O)OC(C)(C)C)cc1. The molecule has 0 bridgehead atoms. The second-order valence-corrected chi connectivity index (χ2v) is 16.5. The van der Waals surface area contributed by atoms with E-state index in [1.165, 1.54) is 0 Å². The van der Waals surface area contributed by atoms with Gasteiger partial charge in [0.05, 0.1) is 18.4 Å². The fourth-order valence-electron chi connectivity index (χ4n) is 6.84. The number of nitrogens with zero attached hydrogens (tertiary/aromatic N) is 5. The molecule has 2 aromatic carbocycles. The maximum Gasteiger partial charge on any atom is 0.329 e. The summed E-state index contributed by atoms with van der Waals surface area (Å²) in [6.45, 7) is 10.9. The first kappa shape index (κ1) is 42.3. The minimum absolute atomic E-state index is 0.0132. The van der Waals surface area contributed by atoms with Crippen LogP contribution < -0.4 is 27.0 Å². The maximum absolute atomic E-state index is 14.1. The summed E-state index contributed by atoms with van der Waals surface area (Å²) < 4.78 is 11.3. The van der Waals surface area contributed by atoms with Gasteiger partial charge in [-0.05, 0) is 102 Å². The molecule has 15 heteroatoms. The van der Waals surface area contributed by atoms with Crippen molar-refractivity contribution in [1.29, 1.82) is 0 Å². The Balaban J connectivity index is 1.33. The smallest absolute Gasteiger partial charge is 0.329 e. The van der Waals surface area contributed by atoms with Crippen LogP contribution in [0.15, 0.2) is 54.7 Å². The van der Waals surface area contributed by atoms with Crippen molar-refractivity contribution in [2.75, 3.05) is 23.4 Å². The van der Waals surface area contributed by atoms with Crippen LogP contribution in [-0.2, 0) is 36.8 Å². The quantitative estimate of drug-likeness (QED) is 0.122. The number of amides is 2. The molecule has 0 spiro atoms. The standard InChI is InChI=1S/C42H55N9O6/c1-41(2,3)56-33(52)21-20-31(38(54)48-32(39(55)57-42(4,5)6)22-27-14-10-11-15-30(27)25-12-8-9-13-25)47-37(53)26-16-18-29(19-17-26)51(7)24-28-23-45-36-34(46-28)35(43)49-40(44)50-36/h10-11,14-19,23,25,31-32H,8-9,12-13,20-22,24H2,1-7H3,(H,47,53)(H,48,54)(H4,43,44,45,49,50)/t31-,32-/m0/s1. The third-order valence-corrected chi connectivity index (χ3v) is 9.43. The fraction of sp³-hybridized carbons (Fsp3) is 0.476. The molecular weight excluding hydrogens is 727 g/mol. The van der Waals surface area contributed by atoms with E-state index in [1.54, 1.807) is 72.0 Å². The molecule has 2 aromatic heterocycles. The average Bonchev–Trinajstić information content (AvgIpc) is 3.67. The highest BCUT2D eigenvalue weighted by molar-refractivity contribution is 5.98. The molecule has 2 amide bonds. The summed E-state index contributed by atoms with van der Waals surface area (Å²) in [5, 5.41) is 5.68. The maximum atomic E-state index is 14.1. The zero-order chi connectivity index (χ0) is 41.5. The summed E-state index contributed by atoms with van der Waals surface area (Å²) in [6, 6.07) is 12.5. The molecule has 1 aliphatic rings. The zero-order valence-corrected chi connectivity index (χ0v) is 33.9. The van der Waals surface area contributed by atoms with Gasteiger partial charge in [0.1, 0.15) is 23.3 Å². The first-order valence-electron chi connectivity index (χ1n) is 19.3. The van der Waals surface area contributed by atoms with Crippen LogP contribution in [0.5, 0.6) is 0 Å². The summed E-state index contributed by atoms with van der Waals surface area (Å²) in [5.74, 6) is -1.75. The molecule has 0 unspecified atom stereocenters. The van der Waals surface area contributed by atoms with Crippen LogP contribution in [0.1, 0.15) is 113 Å². The molecule has 1 fully saturated rings. The number of hydrogen-bond acceptors (Lipinski definition) is 13. The number of hydrogen-bond donors (Lipinski definition) is 4. The number of nitrogens with two attached hydrogens (primary N) is 2. The minimum atomic E-state index is -1.18. The molecule has 4 aromatic rings. The summed E-state index contributed by atoms with van der Waals surface area (Å²) in [6.07, 6.45) is 5.99. The molecule has 0 aliphatic heterocycles. The number of esters is 2. The number of nitrogen functional groups attached to an aromatic ring is 2. The number of aromatic nitrogens is 4. The molecule has 1 aliphatic carbocycles. The van der Waals surface area contributed by atoms with Gasteiger partial charge in [0, 0.05) is 31.1 Å². The highest BCUT2D eigenvalue weighted by Gasteiger charge is 2.32. The van der Waals surface area contributed by atoms with E-state index < -0.39 is 47.0 Å². The van der Waals surface area contributed by atoms with E-state index in [2.05, 4.69) is 36.6 Å². The van der Waals surface area contributed by atoms with E-state index in [9.17, 15) is 19.2 Å². The Hall–Kier alpha value is -5.86. The van der Waals surface area contributed by atoms with Crippen molar-refractivity contribution < 1.29 is 28.7 Å². The summed E-state index contributed by atoms with van der Waals surface area (Å²) in [4.78, 5) is 73.1. The van der Waals surface area contributed by atoms with Crippen LogP contribution in [0.25, 0.3) is 11.2 Å². The van der Waals surface area contributed by atoms with E-state index in [0.29, 0.717) is 29.3 Å². The minimum Gasteiger partial charge on any atom is -0.460 e. The van der Waals surface area contributed by atoms with Gasteiger partial charge in [0.15, 0.2) is 17.0 Å². The molecule has 57 heavy (non-hydrogen) atoms. The number of ether oxygens (including phenoxy) is 2. The molecule has 1 saturated carbocycles. The Bertz CT molecular complexity index is 2070. The van der Waals surface area contributed by atoms with Gasteiger partial charge < -0.3 is 36.5 Å². The first-order chi connectivity index (χ1) is 26.8. The monoisotopic (exact) mass is 781 g/mol. The van der Waals surface area contributed by atoms with Crippen molar-refractivity contribution in [1.82, 2.24) is 30.6 Å². The molecule has 0 saturated heterocycles. The summed E-state index contributed by atoms with van der Waals surface area (Å²) in [5.41, 5.74) is 14.5. The van der Waals surface area contributed by atoms with E-state index in [0.717, 1.165) is 42.5 Å². The lowest BCUT2D eigenvalue weighted by molar-refractivity contribution is -0.159. The first-order valence-corrected chi connectivity index (χ1v) is 19.3. The number of rotatable bonds is 14. The van der Waals surface area contributed by atoms with Crippen molar-refractivity contribution in [2.45, 2.75) is 122 Å². The fourth-order valence-corrected chi connectivity index (χ4v) is 6.84. The number of fused-ring (bicyclic) bond motifs is 1. The second kappa shape index (κ2) is 17.9. The van der Waals surface area contributed by atoms with Crippen molar-refractivity contribution in [2.24, 2.45) is 0 Å². The number of benzene rings is 2. The van der Waals surface area contributed by atoms with Gasteiger partial charge in [0.25, 0.3) is 5.91 Å². The van der Waals surface area contributed by atoms with Crippen molar-refractivity contribution in [3.05, 3.63) is 77.1 Å². The summed E-state index contributed by atoms with van der Waals surface area (Å²) in [7, 11) is 1.86. The molecule has 5 rings (SSSR count). The van der Waals surface area contributed by atoms with Gasteiger partial charge in [0.2, 0.25) is 11.9 Å². The molecule has 2 heterocycles. The highest BCUT2D eigenvalue weighted by atomic mass is 16.6. The van der Waals surface area contributed by atoms with Crippen LogP contribution in [0.3, 0.4) is 0 Å². The van der Waals surface area contributed by atoms with Gasteiger partial charge in [-0.15, -0.1) is 0 Å². The van der Waals surface area contributed by atoms with Crippen LogP contribution in [0, 0.1) is 0 Å². The molecule has 304 valence electrons. The van der Waals surface area contributed by atoms with E-state index in [-0.39, 0.29) is 36.6 Å². The Morgan fingerprint density at radius 1 is 0.860 bits per heavy atom. The van der Waals surface area contributed by atoms with Crippen molar-refractivity contribution in [3.8, 4) is 0 Å². The molecule has 15 nitrogen and oxygen atoms in total. The Morgan fingerprint density at radius 3 is 2.19 bits per heavy atom. The van der Waals surface area contributed by atoms with Crippen LogP contribution in [0.2, 0.25) is 0 Å². The van der Waals surface area contributed by atoms with Gasteiger partial charge in [-0.25, -0.2) is 14.8 Å². The van der Waals surface area contributed by atoms with Crippen LogP contribution in [-0.4, -0.2) is 74.0 Å². The van der Waals surface area contributed by atoms with E-state index in [1.807, 2.05) is 30.1 Å². The lowest BCUT2D eigenvalue weighted by Crippen LogP contribution is -2.53. The van der Waals surface area contributed by atoms with Gasteiger partial charge in [-0.3, -0.25) is 14.4 Å². The Labute approximate surface area is 333 Å². The van der Waals surface area contributed by atoms with Gasteiger partial charge in [-0.1, -0.05) is 37.1 Å². The molecule has 6 N–H and O–H groups in total. The normalized spacial score (nSPS) is 14.4. The molecule has 2 atom stereocenters. The lowest BCUT2D eigenvalue weighted by atomic mass is 9.90. The highest BCUT2D eigenvalue weighted by Crippen LogP contribution is 2.36.